The van der Waals surface area contributed by atoms with E-state index in [1.165, 1.54) is 0 Å². The van der Waals surface area contributed by atoms with Gasteiger partial charge in [-0.1, -0.05) is 42.5 Å². The van der Waals surface area contributed by atoms with E-state index in [1.54, 1.807) is 48.5 Å². The number of fused-ring (bicyclic) bond motifs is 1. The summed E-state index contributed by atoms with van der Waals surface area (Å²) in [6, 6.07) is 19.9. The van der Waals surface area contributed by atoms with Crippen molar-refractivity contribution in [1.82, 2.24) is 10.6 Å². The summed E-state index contributed by atoms with van der Waals surface area (Å²) in [6.07, 6.45) is 0. The number of hydrogen-bond donors (Lipinski definition) is 5. The monoisotopic (exact) mass is 492 g/mol. The lowest BCUT2D eigenvalue weighted by Gasteiger charge is -2.43. The van der Waals surface area contributed by atoms with Gasteiger partial charge in [0, 0.05) is 29.9 Å². The summed E-state index contributed by atoms with van der Waals surface area (Å²) in [5, 5.41) is 7.57. The minimum absolute atomic E-state index is 0.281. The Bertz CT molecular complexity index is 1310. The molecule has 0 aromatic heterocycles. The van der Waals surface area contributed by atoms with E-state index in [-0.39, 0.29) is 11.7 Å². The summed E-state index contributed by atoms with van der Waals surface area (Å²) in [7, 11) is -2.77. The molecule has 2 aliphatic rings. The second-order valence-corrected chi connectivity index (χ2v) is 10.6. The third-order valence-corrected chi connectivity index (χ3v) is 7.89. The zero-order chi connectivity index (χ0) is 24.6. The number of anilines is 2. The van der Waals surface area contributed by atoms with Crippen LogP contribution in [0.5, 0.6) is 0 Å². The van der Waals surface area contributed by atoms with Crippen molar-refractivity contribution in [1.29, 1.82) is 0 Å². The molecule has 0 saturated carbocycles. The van der Waals surface area contributed by atoms with Crippen molar-refractivity contribution in [3.05, 3.63) is 89.5 Å². The predicted molar refractivity (Wildman–Crippen MR) is 134 cm³/mol. The molecule has 1 fully saturated rings. The molecule has 35 heavy (non-hydrogen) atoms. The molecule has 0 spiro atoms. The molecule has 1 unspecified atom stereocenters. The number of carbonyl (C=O) groups is 3. The van der Waals surface area contributed by atoms with Crippen molar-refractivity contribution < 1.29 is 23.5 Å². The van der Waals surface area contributed by atoms with Crippen LogP contribution in [0.3, 0.4) is 0 Å². The Labute approximate surface area is 203 Å². The van der Waals surface area contributed by atoms with E-state index < -0.39 is 28.6 Å². The van der Waals surface area contributed by atoms with Crippen LogP contribution in [-0.2, 0) is 11.3 Å². The third kappa shape index (κ3) is 4.59. The van der Waals surface area contributed by atoms with Crippen LogP contribution in [0.4, 0.5) is 16.2 Å². The predicted octanol–water partition coefficient (Wildman–Crippen LogP) is 3.95. The molecule has 5 rings (SSSR count). The SMILES string of the molecule is O=C1NC(=O)C(c2ccccc2NC(=O)c2ccc(CN3CCS(O)(O)c4ccccc43)cc2)N1. The Balaban J connectivity index is 1.30. The highest BCUT2D eigenvalue weighted by Gasteiger charge is 2.32. The Morgan fingerprint density at radius 1 is 1.00 bits per heavy atom. The van der Waals surface area contributed by atoms with E-state index in [2.05, 4.69) is 20.9 Å². The van der Waals surface area contributed by atoms with Gasteiger partial charge in [-0.2, -0.15) is 10.6 Å². The molecular weight excluding hydrogens is 468 g/mol. The van der Waals surface area contributed by atoms with Crippen molar-refractivity contribution in [2.24, 2.45) is 0 Å². The molecule has 4 amide bonds. The Hall–Kier alpha value is -3.86. The number of carbonyl (C=O) groups excluding carboxylic acids is 3. The standard InChI is InChI=1S/C25H24N4O5S/c30-23(26-19-6-2-1-5-18(19)22-24(31)28-25(32)27-22)17-11-9-16(10-12-17)15-29-13-14-35(33,34)21-8-4-3-7-20(21)29/h1-12,22,33-34H,13-15H2,(H,26,30)(H2,27,28,31,32). The lowest BCUT2D eigenvalue weighted by atomic mass is 10.0. The average molecular weight is 493 g/mol. The van der Waals surface area contributed by atoms with Crippen molar-refractivity contribution in [2.75, 3.05) is 22.5 Å². The number of nitrogens with one attached hydrogen (secondary N) is 3. The van der Waals surface area contributed by atoms with Crippen molar-refractivity contribution in [2.45, 2.75) is 17.5 Å². The van der Waals surface area contributed by atoms with Crippen LogP contribution in [0.25, 0.3) is 0 Å². The lowest BCUT2D eigenvalue weighted by Crippen LogP contribution is -2.33. The van der Waals surface area contributed by atoms with Gasteiger partial charge in [-0.25, -0.2) is 4.79 Å². The maximum Gasteiger partial charge on any atom is 0.322 e. The number of para-hydroxylation sites is 2. The molecule has 3 aromatic rings. The quantitative estimate of drug-likeness (QED) is 0.343. The Morgan fingerprint density at radius 3 is 2.46 bits per heavy atom. The van der Waals surface area contributed by atoms with Gasteiger partial charge in [0.05, 0.1) is 16.3 Å². The number of rotatable bonds is 5. The Kier molecular flexibility index (Phi) is 5.93. The van der Waals surface area contributed by atoms with E-state index in [0.29, 0.717) is 34.8 Å². The van der Waals surface area contributed by atoms with Gasteiger partial charge in [-0.05, 0) is 35.9 Å². The van der Waals surface area contributed by atoms with Gasteiger partial charge in [-0.15, -0.1) is 0 Å². The summed E-state index contributed by atoms with van der Waals surface area (Å²) in [5.74, 6) is -0.531. The van der Waals surface area contributed by atoms with Gasteiger partial charge in [0.2, 0.25) is 0 Å². The maximum atomic E-state index is 12.9. The minimum atomic E-state index is -2.77. The topological polar surface area (TPSA) is 131 Å². The highest BCUT2D eigenvalue weighted by molar-refractivity contribution is 8.24. The minimum Gasteiger partial charge on any atom is -0.364 e. The molecule has 3 aromatic carbocycles. The van der Waals surface area contributed by atoms with E-state index in [9.17, 15) is 23.5 Å². The zero-order valence-electron chi connectivity index (χ0n) is 18.6. The summed E-state index contributed by atoms with van der Waals surface area (Å²) in [4.78, 5) is 39.1. The van der Waals surface area contributed by atoms with E-state index >= 15 is 0 Å². The first-order valence-corrected chi connectivity index (χ1v) is 12.7. The Morgan fingerprint density at radius 2 is 1.71 bits per heavy atom. The highest BCUT2D eigenvalue weighted by atomic mass is 32.3. The number of hydrogen-bond acceptors (Lipinski definition) is 6. The van der Waals surface area contributed by atoms with Gasteiger partial charge in [0.25, 0.3) is 11.8 Å². The molecule has 10 heteroatoms. The van der Waals surface area contributed by atoms with Crippen LogP contribution in [0.2, 0.25) is 0 Å². The molecule has 0 bridgehead atoms. The first-order chi connectivity index (χ1) is 16.8. The van der Waals surface area contributed by atoms with E-state index in [4.69, 9.17) is 0 Å². The van der Waals surface area contributed by atoms with Crippen LogP contribution in [-0.4, -0.2) is 39.2 Å². The van der Waals surface area contributed by atoms with Crippen LogP contribution >= 0.6 is 10.6 Å². The van der Waals surface area contributed by atoms with Crippen molar-refractivity contribution in [3.63, 3.8) is 0 Å². The average Bonchev–Trinajstić information content (AvgIpc) is 3.19. The van der Waals surface area contributed by atoms with E-state index in [1.807, 2.05) is 24.3 Å². The normalized spacial score (nSPS) is 19.4. The summed E-state index contributed by atoms with van der Waals surface area (Å²) < 4.78 is 20.7. The van der Waals surface area contributed by atoms with Gasteiger partial charge in [0.1, 0.15) is 6.04 Å². The van der Waals surface area contributed by atoms with Gasteiger partial charge < -0.3 is 15.5 Å². The summed E-state index contributed by atoms with van der Waals surface area (Å²) in [6.45, 7) is 1.08. The van der Waals surface area contributed by atoms with Crippen LogP contribution < -0.4 is 20.9 Å². The largest absolute Gasteiger partial charge is 0.364 e. The molecular formula is C25H24N4O5S. The third-order valence-electron chi connectivity index (χ3n) is 6.09. The van der Waals surface area contributed by atoms with E-state index in [0.717, 1.165) is 11.3 Å². The molecule has 1 saturated heterocycles. The number of amides is 4. The fourth-order valence-corrected chi connectivity index (χ4v) is 5.83. The maximum absolute atomic E-state index is 12.9. The smallest absolute Gasteiger partial charge is 0.322 e. The second kappa shape index (κ2) is 9.06. The molecule has 0 radical (unpaired) electrons. The fourth-order valence-electron chi connectivity index (χ4n) is 4.30. The fraction of sp³-hybridized carbons (Fsp3) is 0.160. The first kappa shape index (κ1) is 22.9. The second-order valence-electron chi connectivity index (χ2n) is 8.39. The number of urea groups is 1. The summed E-state index contributed by atoms with van der Waals surface area (Å²) in [5.41, 5.74) is 3.15. The molecule has 180 valence electrons. The lowest BCUT2D eigenvalue weighted by molar-refractivity contribution is -0.120. The van der Waals surface area contributed by atoms with Crippen LogP contribution in [0, 0.1) is 0 Å². The number of nitrogens with zero attached hydrogens (tertiary/aromatic N) is 1. The van der Waals surface area contributed by atoms with Crippen molar-refractivity contribution in [3.8, 4) is 0 Å². The molecule has 2 aliphatic heterocycles. The van der Waals surface area contributed by atoms with Crippen LogP contribution in [0.15, 0.2) is 77.7 Å². The summed E-state index contributed by atoms with van der Waals surface area (Å²) >= 11 is 0. The van der Waals surface area contributed by atoms with Gasteiger partial charge in [-0.3, -0.25) is 24.0 Å². The molecule has 5 N–H and O–H groups in total. The number of imide groups is 1. The zero-order valence-corrected chi connectivity index (χ0v) is 19.4. The van der Waals surface area contributed by atoms with Gasteiger partial charge >= 0.3 is 6.03 Å². The molecule has 9 nitrogen and oxygen atoms in total. The molecule has 1 atom stereocenters. The van der Waals surface area contributed by atoms with Crippen molar-refractivity contribution >= 4 is 39.8 Å². The first-order valence-electron chi connectivity index (χ1n) is 11.0. The highest BCUT2D eigenvalue weighted by Crippen LogP contribution is 2.55. The van der Waals surface area contributed by atoms with Crippen LogP contribution in [0.1, 0.15) is 27.5 Å². The number of benzene rings is 3. The molecule has 0 aliphatic carbocycles. The van der Waals surface area contributed by atoms with Gasteiger partial charge in [0.15, 0.2) is 0 Å². The molecule has 2 heterocycles.